The molecule has 0 radical (unpaired) electrons. The molecule has 4 heteroatoms. The van der Waals surface area contributed by atoms with Crippen molar-refractivity contribution in [3.05, 3.63) is 0 Å². The number of rotatable bonds is 7. The van der Waals surface area contributed by atoms with E-state index in [9.17, 15) is 9.59 Å². The lowest BCUT2D eigenvalue weighted by molar-refractivity contribution is -0.169. The quantitative estimate of drug-likeness (QED) is 0.620. The van der Waals surface area contributed by atoms with Gasteiger partial charge in [0.2, 0.25) is 0 Å². The minimum absolute atomic E-state index is 0.0849. The van der Waals surface area contributed by atoms with Crippen LogP contribution < -0.4 is 0 Å². The highest BCUT2D eigenvalue weighted by atomic mass is 16.6. The number of carbonyl (C=O) groups excluding carboxylic acids is 2. The molecule has 4 nitrogen and oxygen atoms in total. The Morgan fingerprint density at radius 1 is 1.04 bits per heavy atom. The normalized spacial score (nSPS) is 27.7. The molecule has 3 unspecified atom stereocenters. The van der Waals surface area contributed by atoms with Crippen LogP contribution >= 0.6 is 0 Å². The van der Waals surface area contributed by atoms with Crippen molar-refractivity contribution in [2.75, 3.05) is 6.61 Å². The van der Waals surface area contributed by atoms with Crippen molar-refractivity contribution < 1.29 is 19.1 Å². The standard InChI is InChI=1S/C21H36O4/c1-14(2)12-21(4,5)20(23)24-13-19(22)25-15(3)18-10-16-7-6-8-17(9-16)11-18/h14-18H,6-13H2,1-5H3. The summed E-state index contributed by atoms with van der Waals surface area (Å²) < 4.78 is 10.8. The Labute approximate surface area is 153 Å². The Kier molecular flexibility index (Phi) is 6.93. The van der Waals surface area contributed by atoms with Gasteiger partial charge >= 0.3 is 11.9 Å². The lowest BCUT2D eigenvalue weighted by Crippen LogP contribution is -2.35. The second-order valence-corrected chi connectivity index (χ2v) is 9.38. The molecule has 0 aromatic heterocycles. The van der Waals surface area contributed by atoms with Gasteiger partial charge in [0.25, 0.3) is 0 Å². The summed E-state index contributed by atoms with van der Waals surface area (Å²) >= 11 is 0. The zero-order chi connectivity index (χ0) is 18.6. The van der Waals surface area contributed by atoms with Gasteiger partial charge in [0, 0.05) is 0 Å². The highest BCUT2D eigenvalue weighted by molar-refractivity contribution is 5.79. The van der Waals surface area contributed by atoms with E-state index >= 15 is 0 Å². The number of carbonyl (C=O) groups is 2. The molecule has 144 valence electrons. The monoisotopic (exact) mass is 352 g/mol. The maximum Gasteiger partial charge on any atom is 0.344 e. The Hall–Kier alpha value is -1.06. The number of esters is 2. The molecular formula is C21H36O4. The summed E-state index contributed by atoms with van der Waals surface area (Å²) in [6, 6.07) is 0. The molecule has 0 aliphatic heterocycles. The molecule has 25 heavy (non-hydrogen) atoms. The smallest absolute Gasteiger partial charge is 0.344 e. The van der Waals surface area contributed by atoms with Gasteiger partial charge in [0.1, 0.15) is 6.10 Å². The Morgan fingerprint density at radius 3 is 2.20 bits per heavy atom. The summed E-state index contributed by atoms with van der Waals surface area (Å²) in [4.78, 5) is 24.3. The van der Waals surface area contributed by atoms with Crippen molar-refractivity contribution in [1.82, 2.24) is 0 Å². The second-order valence-electron chi connectivity index (χ2n) is 9.38. The largest absolute Gasteiger partial charge is 0.460 e. The average molecular weight is 353 g/mol. The predicted octanol–water partition coefficient (Wildman–Crippen LogP) is 4.75. The van der Waals surface area contributed by atoms with E-state index in [1.807, 2.05) is 20.8 Å². The van der Waals surface area contributed by atoms with Gasteiger partial charge in [-0.15, -0.1) is 0 Å². The van der Waals surface area contributed by atoms with Crippen LogP contribution in [0.3, 0.4) is 0 Å². The molecule has 2 bridgehead atoms. The Morgan fingerprint density at radius 2 is 1.64 bits per heavy atom. The minimum atomic E-state index is -0.569. The van der Waals surface area contributed by atoms with Crippen LogP contribution in [0.2, 0.25) is 0 Å². The van der Waals surface area contributed by atoms with E-state index in [-0.39, 0.29) is 18.7 Å². The van der Waals surface area contributed by atoms with Crippen molar-refractivity contribution in [2.24, 2.45) is 29.1 Å². The van der Waals surface area contributed by atoms with Gasteiger partial charge in [-0.2, -0.15) is 0 Å². The molecule has 2 aliphatic rings. The molecular weight excluding hydrogens is 316 g/mol. The molecule has 0 heterocycles. The molecule has 0 aromatic rings. The molecule has 0 N–H and O–H groups in total. The maximum atomic E-state index is 12.2. The van der Waals surface area contributed by atoms with Gasteiger partial charge < -0.3 is 9.47 Å². The molecule has 2 rings (SSSR count). The maximum absolute atomic E-state index is 12.2. The van der Waals surface area contributed by atoms with E-state index in [1.54, 1.807) is 0 Å². The summed E-state index contributed by atoms with van der Waals surface area (Å²) in [5.41, 5.74) is -0.569. The van der Waals surface area contributed by atoms with Crippen LogP contribution in [0.4, 0.5) is 0 Å². The SMILES string of the molecule is CC(C)CC(C)(C)C(=O)OCC(=O)OC(C)C1CC2CCCC(C2)C1. The molecule has 2 fully saturated rings. The molecule has 0 amide bonds. The van der Waals surface area contributed by atoms with E-state index in [0.717, 1.165) is 18.3 Å². The summed E-state index contributed by atoms with van der Waals surface area (Å²) in [6.45, 7) is 9.60. The summed E-state index contributed by atoms with van der Waals surface area (Å²) in [6.07, 6.45) is 8.38. The topological polar surface area (TPSA) is 52.6 Å². The van der Waals surface area contributed by atoms with E-state index in [1.165, 1.54) is 38.5 Å². The summed E-state index contributed by atoms with van der Waals surface area (Å²) in [7, 11) is 0. The van der Waals surface area contributed by atoms with Crippen molar-refractivity contribution in [1.29, 1.82) is 0 Å². The highest BCUT2D eigenvalue weighted by Crippen LogP contribution is 2.44. The van der Waals surface area contributed by atoms with E-state index in [2.05, 4.69) is 13.8 Å². The third kappa shape index (κ3) is 6.00. The number of ether oxygens (including phenoxy) is 2. The second kappa shape index (κ2) is 8.55. The minimum Gasteiger partial charge on any atom is -0.460 e. The fraction of sp³-hybridized carbons (Fsp3) is 0.905. The van der Waals surface area contributed by atoms with Crippen LogP contribution in [0.25, 0.3) is 0 Å². The molecule has 0 aromatic carbocycles. The number of hydrogen-bond donors (Lipinski definition) is 0. The highest BCUT2D eigenvalue weighted by Gasteiger charge is 2.36. The lowest BCUT2D eigenvalue weighted by Gasteiger charge is -2.40. The number of fused-ring (bicyclic) bond motifs is 2. The van der Waals surface area contributed by atoms with E-state index in [0.29, 0.717) is 11.8 Å². The summed E-state index contributed by atoms with van der Waals surface area (Å²) in [5, 5.41) is 0. The van der Waals surface area contributed by atoms with E-state index in [4.69, 9.17) is 9.47 Å². The van der Waals surface area contributed by atoms with Crippen molar-refractivity contribution in [2.45, 2.75) is 85.7 Å². The molecule has 2 aliphatic carbocycles. The molecule has 0 spiro atoms. The van der Waals surface area contributed by atoms with Gasteiger partial charge in [-0.1, -0.05) is 33.1 Å². The first-order valence-corrected chi connectivity index (χ1v) is 10.0. The lowest BCUT2D eigenvalue weighted by atomic mass is 9.67. The molecule has 0 saturated heterocycles. The average Bonchev–Trinajstić information content (AvgIpc) is 2.50. The zero-order valence-corrected chi connectivity index (χ0v) is 16.7. The Bertz CT molecular complexity index is 457. The van der Waals surface area contributed by atoms with Crippen molar-refractivity contribution in [3.8, 4) is 0 Å². The fourth-order valence-electron chi connectivity index (χ4n) is 4.93. The van der Waals surface area contributed by atoms with Gasteiger partial charge in [-0.25, -0.2) is 4.79 Å². The molecule has 2 saturated carbocycles. The summed E-state index contributed by atoms with van der Waals surface area (Å²) in [5.74, 6) is 1.75. The van der Waals surface area contributed by atoms with E-state index < -0.39 is 11.4 Å². The van der Waals surface area contributed by atoms with Crippen LogP contribution in [-0.4, -0.2) is 24.6 Å². The predicted molar refractivity (Wildman–Crippen MR) is 97.9 cm³/mol. The molecule has 3 atom stereocenters. The van der Waals surface area contributed by atoms with Crippen LogP contribution in [0.5, 0.6) is 0 Å². The van der Waals surface area contributed by atoms with Crippen LogP contribution in [-0.2, 0) is 19.1 Å². The van der Waals surface area contributed by atoms with Crippen LogP contribution in [0.15, 0.2) is 0 Å². The number of hydrogen-bond acceptors (Lipinski definition) is 4. The third-order valence-electron chi connectivity index (χ3n) is 5.94. The first-order chi connectivity index (χ1) is 11.7. The van der Waals surface area contributed by atoms with Gasteiger partial charge in [-0.05, 0) is 70.1 Å². The zero-order valence-electron chi connectivity index (χ0n) is 16.7. The Balaban J connectivity index is 1.75. The van der Waals surface area contributed by atoms with Gasteiger partial charge in [0.15, 0.2) is 6.61 Å². The van der Waals surface area contributed by atoms with Gasteiger partial charge in [-0.3, -0.25) is 4.79 Å². The van der Waals surface area contributed by atoms with Gasteiger partial charge in [0.05, 0.1) is 5.41 Å². The van der Waals surface area contributed by atoms with Crippen molar-refractivity contribution >= 4 is 11.9 Å². The van der Waals surface area contributed by atoms with Crippen LogP contribution in [0.1, 0.15) is 79.6 Å². The van der Waals surface area contributed by atoms with Crippen LogP contribution in [0, 0.1) is 29.1 Å². The van der Waals surface area contributed by atoms with Crippen molar-refractivity contribution in [3.63, 3.8) is 0 Å². The first kappa shape index (κ1) is 20.3. The fourth-order valence-corrected chi connectivity index (χ4v) is 4.93. The first-order valence-electron chi connectivity index (χ1n) is 10.0. The third-order valence-corrected chi connectivity index (χ3v) is 5.94.